The van der Waals surface area contributed by atoms with Crippen molar-refractivity contribution in [1.82, 2.24) is 0 Å². The van der Waals surface area contributed by atoms with Gasteiger partial charge in [-0.25, -0.2) is 8.42 Å². The molecule has 0 bridgehead atoms. The van der Waals surface area contributed by atoms with Crippen molar-refractivity contribution < 1.29 is 17.9 Å². The second-order valence-electron chi connectivity index (χ2n) is 7.97. The van der Waals surface area contributed by atoms with Crippen LogP contribution < -0.4 is 14.8 Å². The number of sulfonamides is 1. The fourth-order valence-electron chi connectivity index (χ4n) is 3.27. The maximum absolute atomic E-state index is 12.7. The van der Waals surface area contributed by atoms with Crippen LogP contribution in [0, 0.1) is 27.7 Å². The lowest BCUT2D eigenvalue weighted by atomic mass is 10.1. The summed E-state index contributed by atoms with van der Waals surface area (Å²) in [5.41, 5.74) is 4.99. The molecule has 3 aromatic carbocycles. The monoisotopic (exact) mass is 452 g/mol. The molecule has 0 heterocycles. The number of hydrogen-bond acceptors (Lipinski definition) is 4. The van der Waals surface area contributed by atoms with E-state index < -0.39 is 16.1 Å². The van der Waals surface area contributed by atoms with Gasteiger partial charge in [0.05, 0.1) is 10.6 Å². The Bertz CT molecular complexity index is 1240. The molecule has 3 rings (SSSR count). The zero-order chi connectivity index (χ0) is 23.5. The predicted octanol–water partition coefficient (Wildman–Crippen LogP) is 5.13. The summed E-state index contributed by atoms with van der Waals surface area (Å²) in [5.74, 6) is 0.325. The third kappa shape index (κ3) is 5.68. The van der Waals surface area contributed by atoms with Crippen LogP contribution in [0.1, 0.15) is 29.2 Å². The lowest BCUT2D eigenvalue weighted by Crippen LogP contribution is -2.30. The Kier molecular flexibility index (Phi) is 6.89. The fourth-order valence-corrected chi connectivity index (χ4v) is 4.40. The first-order valence-electron chi connectivity index (χ1n) is 10.3. The highest BCUT2D eigenvalue weighted by Gasteiger charge is 2.18. The molecule has 0 radical (unpaired) electrons. The number of nitrogens with one attached hydrogen (secondary N) is 2. The Labute approximate surface area is 189 Å². The summed E-state index contributed by atoms with van der Waals surface area (Å²) < 4.78 is 33.8. The van der Waals surface area contributed by atoms with E-state index in [0.29, 0.717) is 17.1 Å². The number of hydrogen-bond donors (Lipinski definition) is 2. The van der Waals surface area contributed by atoms with Crippen LogP contribution in [-0.4, -0.2) is 20.4 Å². The van der Waals surface area contributed by atoms with Gasteiger partial charge >= 0.3 is 0 Å². The molecule has 0 unspecified atom stereocenters. The van der Waals surface area contributed by atoms with Gasteiger partial charge in [-0.2, -0.15) is 0 Å². The maximum atomic E-state index is 12.7. The Morgan fingerprint density at radius 2 is 1.44 bits per heavy atom. The van der Waals surface area contributed by atoms with E-state index in [1.807, 2.05) is 58.0 Å². The molecule has 0 aromatic heterocycles. The van der Waals surface area contributed by atoms with E-state index in [4.69, 9.17) is 4.74 Å². The topological polar surface area (TPSA) is 84.5 Å². The number of aryl methyl sites for hydroxylation is 4. The van der Waals surface area contributed by atoms with E-state index in [1.54, 1.807) is 25.1 Å². The van der Waals surface area contributed by atoms with Crippen LogP contribution in [0.2, 0.25) is 0 Å². The Morgan fingerprint density at radius 3 is 2.03 bits per heavy atom. The number of amides is 1. The normalized spacial score (nSPS) is 12.2. The van der Waals surface area contributed by atoms with Crippen molar-refractivity contribution >= 4 is 27.3 Å². The zero-order valence-corrected chi connectivity index (χ0v) is 19.7. The van der Waals surface area contributed by atoms with Gasteiger partial charge in [0.15, 0.2) is 6.10 Å². The average Bonchev–Trinajstić information content (AvgIpc) is 2.72. The molecule has 0 spiro atoms. The van der Waals surface area contributed by atoms with Crippen LogP contribution >= 0.6 is 0 Å². The van der Waals surface area contributed by atoms with Crippen molar-refractivity contribution in [3.8, 4) is 5.75 Å². The van der Waals surface area contributed by atoms with Gasteiger partial charge in [0, 0.05) is 5.69 Å². The van der Waals surface area contributed by atoms with Gasteiger partial charge in [-0.15, -0.1) is 0 Å². The van der Waals surface area contributed by atoms with Gasteiger partial charge in [-0.3, -0.25) is 9.52 Å². The van der Waals surface area contributed by atoms with E-state index in [-0.39, 0.29) is 10.8 Å². The summed E-state index contributed by atoms with van der Waals surface area (Å²) in [7, 11) is -3.75. The van der Waals surface area contributed by atoms with E-state index in [0.717, 1.165) is 22.3 Å². The molecule has 2 N–H and O–H groups in total. The van der Waals surface area contributed by atoms with Crippen LogP contribution in [-0.2, 0) is 14.8 Å². The van der Waals surface area contributed by atoms with Gasteiger partial charge in [0.2, 0.25) is 0 Å². The molecule has 0 aliphatic carbocycles. The first-order chi connectivity index (χ1) is 15.0. The summed E-state index contributed by atoms with van der Waals surface area (Å²) >= 11 is 0. The Morgan fingerprint density at radius 1 is 0.844 bits per heavy atom. The molecule has 0 aliphatic rings. The Balaban J connectivity index is 1.66. The minimum atomic E-state index is -3.75. The number of rotatable bonds is 7. The largest absolute Gasteiger partial charge is 0.481 e. The molecule has 0 saturated carbocycles. The zero-order valence-electron chi connectivity index (χ0n) is 18.9. The van der Waals surface area contributed by atoms with E-state index in [2.05, 4.69) is 10.0 Å². The number of carbonyl (C=O) groups excluding carboxylic acids is 1. The lowest BCUT2D eigenvalue weighted by molar-refractivity contribution is -0.122. The fraction of sp³-hybridized carbons (Fsp3) is 0.240. The Hall–Kier alpha value is -3.32. The molecule has 0 aliphatic heterocycles. The van der Waals surface area contributed by atoms with Gasteiger partial charge < -0.3 is 10.1 Å². The smallest absolute Gasteiger partial charge is 0.265 e. The molecule has 0 saturated heterocycles. The third-order valence-corrected chi connectivity index (χ3v) is 6.44. The van der Waals surface area contributed by atoms with Gasteiger partial charge in [-0.05, 0) is 82.1 Å². The van der Waals surface area contributed by atoms with E-state index in [1.165, 1.54) is 12.1 Å². The number of ether oxygens (including phenoxy) is 1. The summed E-state index contributed by atoms with van der Waals surface area (Å²) in [5, 5.41) is 2.76. The SMILES string of the molecule is Cc1ccc(NS(=O)(=O)c2ccc(NC(=O)[C@H](C)Oc3ccc(C)cc3C)cc2)c(C)c1. The number of benzene rings is 3. The van der Waals surface area contributed by atoms with E-state index >= 15 is 0 Å². The number of anilines is 2. The molecule has 32 heavy (non-hydrogen) atoms. The van der Waals surface area contributed by atoms with Crippen molar-refractivity contribution in [2.45, 2.75) is 45.6 Å². The second-order valence-corrected chi connectivity index (χ2v) is 9.65. The maximum Gasteiger partial charge on any atom is 0.265 e. The minimum Gasteiger partial charge on any atom is -0.481 e. The average molecular weight is 453 g/mol. The molecule has 1 amide bonds. The summed E-state index contributed by atoms with van der Waals surface area (Å²) in [6.07, 6.45) is -0.717. The lowest BCUT2D eigenvalue weighted by Gasteiger charge is -2.17. The quantitative estimate of drug-likeness (QED) is 0.521. The van der Waals surface area contributed by atoms with Crippen LogP contribution in [0.4, 0.5) is 11.4 Å². The standard InChI is InChI=1S/C25H28N2O4S/c1-16-6-12-23(18(3)14-16)27-32(29,30)22-10-8-21(9-11-22)26-25(28)20(5)31-24-13-7-17(2)15-19(24)4/h6-15,20,27H,1-5H3,(H,26,28)/t20-/m0/s1. The van der Waals surface area contributed by atoms with Crippen LogP contribution in [0.3, 0.4) is 0 Å². The van der Waals surface area contributed by atoms with Crippen molar-refractivity contribution in [2.24, 2.45) is 0 Å². The van der Waals surface area contributed by atoms with Gasteiger partial charge in [0.1, 0.15) is 5.75 Å². The van der Waals surface area contributed by atoms with Gasteiger partial charge in [0.25, 0.3) is 15.9 Å². The second kappa shape index (κ2) is 9.44. The first kappa shape index (κ1) is 23.3. The highest BCUT2D eigenvalue weighted by atomic mass is 32.2. The first-order valence-corrected chi connectivity index (χ1v) is 11.8. The molecule has 7 heteroatoms. The molecule has 6 nitrogen and oxygen atoms in total. The minimum absolute atomic E-state index is 0.107. The van der Waals surface area contributed by atoms with Crippen molar-refractivity contribution in [1.29, 1.82) is 0 Å². The summed E-state index contributed by atoms with van der Waals surface area (Å²) in [6, 6.07) is 17.3. The van der Waals surface area contributed by atoms with Crippen molar-refractivity contribution in [3.63, 3.8) is 0 Å². The molecular weight excluding hydrogens is 424 g/mol. The highest BCUT2D eigenvalue weighted by Crippen LogP contribution is 2.23. The van der Waals surface area contributed by atoms with Gasteiger partial charge in [-0.1, -0.05) is 35.4 Å². The molecule has 0 fully saturated rings. The van der Waals surface area contributed by atoms with Crippen LogP contribution in [0.5, 0.6) is 5.75 Å². The van der Waals surface area contributed by atoms with Crippen molar-refractivity contribution in [3.05, 3.63) is 82.9 Å². The predicted molar refractivity (Wildman–Crippen MR) is 128 cm³/mol. The number of carbonyl (C=O) groups is 1. The van der Waals surface area contributed by atoms with E-state index in [9.17, 15) is 13.2 Å². The van der Waals surface area contributed by atoms with Crippen molar-refractivity contribution in [2.75, 3.05) is 10.0 Å². The molecule has 168 valence electrons. The van der Waals surface area contributed by atoms with Crippen LogP contribution in [0.15, 0.2) is 65.6 Å². The molecular formula is C25H28N2O4S. The summed E-state index contributed by atoms with van der Waals surface area (Å²) in [4.78, 5) is 12.6. The molecule has 3 aromatic rings. The summed E-state index contributed by atoms with van der Waals surface area (Å²) in [6.45, 7) is 9.39. The third-order valence-electron chi connectivity index (χ3n) is 5.06. The highest BCUT2D eigenvalue weighted by molar-refractivity contribution is 7.92. The van der Waals surface area contributed by atoms with Crippen LogP contribution in [0.25, 0.3) is 0 Å². The molecule has 1 atom stereocenters.